The predicted octanol–water partition coefficient (Wildman–Crippen LogP) is 34.7. The molecule has 9 heteroatoms. The Balaban J connectivity index is 0.000000114. The number of benzene rings is 18. The zero-order chi connectivity index (χ0) is 99.7. The summed E-state index contributed by atoms with van der Waals surface area (Å²) in [5.74, 6) is 2.08. The van der Waals surface area contributed by atoms with Crippen molar-refractivity contribution in [3.8, 4) is 213 Å². The highest BCUT2D eigenvalue weighted by molar-refractivity contribution is 6.02. The Kier molecular flexibility index (Phi) is 22.7. The van der Waals surface area contributed by atoms with E-state index >= 15 is 0 Å². The molecule has 4 aliphatic rings. The zero-order valence-corrected chi connectivity index (χ0v) is 82.6. The molecule has 0 N–H and O–H groups in total. The Morgan fingerprint density at radius 2 is 0.517 bits per heavy atom. The molecular formula is C140H97N9. The molecule has 0 saturated heterocycles. The van der Waals surface area contributed by atoms with Crippen LogP contribution in [0, 0.1) is 0 Å². The number of fused-ring (bicyclic) bond motifs is 18. The number of rotatable bonds is 15. The van der Waals surface area contributed by atoms with Gasteiger partial charge in [-0.1, -0.05) is 440 Å². The van der Waals surface area contributed by atoms with Gasteiger partial charge in [-0.3, -0.25) is 15.0 Å². The number of pyridine rings is 3. The lowest BCUT2D eigenvalue weighted by atomic mass is 9.70. The van der Waals surface area contributed by atoms with Gasteiger partial charge >= 0.3 is 0 Å². The van der Waals surface area contributed by atoms with Gasteiger partial charge in [0.2, 0.25) is 0 Å². The first-order valence-electron chi connectivity index (χ1n) is 50.9. The first-order chi connectivity index (χ1) is 73.4. The highest BCUT2D eigenvalue weighted by Crippen LogP contribution is 2.65. The maximum atomic E-state index is 5.43. The van der Waals surface area contributed by atoms with Gasteiger partial charge in [-0.25, -0.2) is 29.9 Å². The maximum Gasteiger partial charge on any atom is 0.160 e. The van der Waals surface area contributed by atoms with E-state index in [2.05, 4.69) is 468 Å². The highest BCUT2D eigenvalue weighted by Gasteiger charge is 2.52. The lowest BCUT2D eigenvalue weighted by molar-refractivity contribution is 0.660. The van der Waals surface area contributed by atoms with Crippen molar-refractivity contribution in [2.45, 2.75) is 43.9 Å². The lowest BCUT2D eigenvalue weighted by Crippen LogP contribution is -2.25. The first-order valence-corrected chi connectivity index (χ1v) is 50.9. The van der Waals surface area contributed by atoms with Gasteiger partial charge in [0.15, 0.2) is 17.5 Å². The maximum absolute atomic E-state index is 5.43. The van der Waals surface area contributed by atoms with E-state index in [9.17, 15) is 0 Å². The molecule has 1 spiro atoms. The van der Waals surface area contributed by atoms with Crippen LogP contribution >= 0.6 is 0 Å². The molecule has 9 nitrogen and oxygen atoms in total. The Labute approximate surface area is 867 Å². The van der Waals surface area contributed by atoms with Crippen LogP contribution in [0.4, 0.5) is 0 Å². The Bertz CT molecular complexity index is 9230. The smallest absolute Gasteiger partial charge is 0.160 e. The summed E-state index contributed by atoms with van der Waals surface area (Å²) in [4.78, 5) is 45.1. The minimum atomic E-state index is -0.431. The average molecular weight is 1910 g/mol. The van der Waals surface area contributed by atoms with Gasteiger partial charge in [0, 0.05) is 96.8 Å². The molecule has 24 aromatic rings. The van der Waals surface area contributed by atoms with E-state index in [1.165, 1.54) is 105 Å². The summed E-state index contributed by atoms with van der Waals surface area (Å²) in [5, 5.41) is 2.60. The minimum absolute atomic E-state index is 0.0954. The molecule has 18 aromatic carbocycles. The topological polar surface area (TPSA) is 116 Å². The number of hydrogen-bond acceptors (Lipinski definition) is 9. The van der Waals surface area contributed by atoms with Crippen LogP contribution in [0.3, 0.4) is 0 Å². The standard InChI is InChI=1S/C52H33N3.C46H33N3.C42H31N3/c1-2-14-34(15-3-1)37-16-12-17-38(32-37)51-54-48(36-29-27-35(28-30-36)47-26-10-11-31-53-47)33-49(55-51)42-21-13-25-46-50(42)41-20-6-9-24-45(41)52(46)43-22-7-4-18-39(43)40-19-5-8-23-44(40)52;1-46(2)41-22-20-36(28-40(41)39-21-19-33-11-6-7-14-38(33)44(39)46)43-29-42(34-17-15-31(16-18-34)32-23-25-47-26-24-32)48-45(49-43)37-13-8-12-35(27-37)30-9-4-3-5-10-30;1-42(2)35-21-10-9-19-33(35)40-34(20-12-22-36(40)42)39-26-38(32-23-24-37(43-27-32)29-15-7-4-8-16-29)44-41(45-39)31-18-11-17-30(25-31)28-13-5-3-6-14-28/h1-33H;3-29H,1-2H3;3-27H,1-2H3. The van der Waals surface area contributed by atoms with Crippen LogP contribution < -0.4 is 0 Å². The van der Waals surface area contributed by atoms with Crippen LogP contribution in [-0.4, -0.2) is 44.9 Å². The predicted molar refractivity (Wildman–Crippen MR) is 610 cm³/mol. The van der Waals surface area contributed by atoms with Gasteiger partial charge in [-0.15, -0.1) is 0 Å². The minimum Gasteiger partial charge on any atom is -0.265 e. The van der Waals surface area contributed by atoms with E-state index in [-0.39, 0.29) is 10.8 Å². The molecule has 0 amide bonds. The largest absolute Gasteiger partial charge is 0.265 e. The molecule has 4 aliphatic carbocycles. The molecule has 0 radical (unpaired) electrons. The number of aromatic nitrogens is 9. The molecule has 149 heavy (non-hydrogen) atoms. The molecular weight excluding hydrogens is 1810 g/mol. The zero-order valence-electron chi connectivity index (χ0n) is 82.6. The highest BCUT2D eigenvalue weighted by atomic mass is 14.9. The van der Waals surface area contributed by atoms with Crippen LogP contribution in [0.2, 0.25) is 0 Å². The first kappa shape index (κ1) is 90.0. The molecule has 0 bridgehead atoms. The van der Waals surface area contributed by atoms with Crippen molar-refractivity contribution in [3.63, 3.8) is 0 Å². The summed E-state index contributed by atoms with van der Waals surface area (Å²) in [6.07, 6.45) is 7.41. The molecule has 0 atom stereocenters. The normalized spacial score (nSPS) is 12.9. The Hall–Kier alpha value is -19.1. The van der Waals surface area contributed by atoms with Gasteiger partial charge in [0.1, 0.15) is 0 Å². The van der Waals surface area contributed by atoms with Crippen LogP contribution in [-0.2, 0) is 16.2 Å². The Morgan fingerprint density at radius 3 is 1.04 bits per heavy atom. The fourth-order valence-electron chi connectivity index (χ4n) is 23.2. The quantitative estimate of drug-likeness (QED) is 0.0989. The molecule has 0 saturated carbocycles. The second-order valence-corrected chi connectivity index (χ2v) is 39.7. The van der Waals surface area contributed by atoms with Gasteiger partial charge in [0.25, 0.3) is 0 Å². The van der Waals surface area contributed by atoms with Crippen molar-refractivity contribution in [3.05, 3.63) is 561 Å². The van der Waals surface area contributed by atoms with Crippen molar-refractivity contribution >= 4 is 10.8 Å². The summed E-state index contributed by atoms with van der Waals surface area (Å²) >= 11 is 0. The fraction of sp³-hybridized carbons (Fsp3) is 0.0500. The van der Waals surface area contributed by atoms with Crippen molar-refractivity contribution in [1.29, 1.82) is 0 Å². The van der Waals surface area contributed by atoms with E-state index in [1.807, 2.05) is 85.5 Å². The number of nitrogens with zero attached hydrogens (tertiary/aromatic N) is 9. The van der Waals surface area contributed by atoms with E-state index in [0.29, 0.717) is 17.5 Å². The van der Waals surface area contributed by atoms with E-state index in [4.69, 9.17) is 34.9 Å². The molecule has 0 fully saturated rings. The van der Waals surface area contributed by atoms with E-state index < -0.39 is 5.41 Å². The third-order valence-corrected chi connectivity index (χ3v) is 30.3. The lowest BCUT2D eigenvalue weighted by Gasteiger charge is -2.30. The molecule has 0 unspecified atom stereocenters. The van der Waals surface area contributed by atoms with Crippen molar-refractivity contribution in [2.24, 2.45) is 0 Å². The van der Waals surface area contributed by atoms with Crippen molar-refractivity contribution in [1.82, 2.24) is 44.9 Å². The van der Waals surface area contributed by atoms with E-state index in [1.54, 1.807) is 0 Å². The molecule has 6 heterocycles. The third-order valence-electron chi connectivity index (χ3n) is 30.3. The van der Waals surface area contributed by atoms with Gasteiger partial charge < -0.3 is 0 Å². The van der Waals surface area contributed by atoms with Gasteiger partial charge in [-0.05, 0) is 223 Å². The molecule has 702 valence electrons. The fourth-order valence-corrected chi connectivity index (χ4v) is 23.2. The summed E-state index contributed by atoms with van der Waals surface area (Å²) in [5.41, 5.74) is 47.9. The summed E-state index contributed by atoms with van der Waals surface area (Å²) in [6.45, 7) is 9.32. The van der Waals surface area contributed by atoms with Crippen molar-refractivity contribution < 1.29 is 0 Å². The Morgan fingerprint density at radius 1 is 0.168 bits per heavy atom. The van der Waals surface area contributed by atoms with E-state index in [0.717, 1.165) is 146 Å². The van der Waals surface area contributed by atoms with Crippen LogP contribution in [0.5, 0.6) is 0 Å². The SMILES string of the molecule is CC1(C)c2ccc(-c3cc(-c4ccc(-c5ccncc5)cc4)nc(-c4cccc(-c5ccccc5)c4)n3)cc2-c2ccc3ccccc3c21.CC1(C)c2ccccc2-c2c(-c3cc(-c4ccc(-c5ccccc5)nc4)nc(-c4cccc(-c5ccccc5)c4)n3)cccc21.c1ccc(-c2cccc(-c3nc(-c4ccc(-c5ccccn5)cc4)cc(-c4cccc5c4-c4ccccc4C54c5ccccc5-c5ccccc54)n3)c2)cc1. The van der Waals surface area contributed by atoms with Gasteiger partial charge in [-0.2, -0.15) is 0 Å². The van der Waals surface area contributed by atoms with Gasteiger partial charge in [0.05, 0.1) is 51.0 Å². The second-order valence-electron chi connectivity index (χ2n) is 39.7. The monoisotopic (exact) mass is 1900 g/mol. The third kappa shape index (κ3) is 16.2. The molecule has 6 aromatic heterocycles. The molecule has 0 aliphatic heterocycles. The van der Waals surface area contributed by atoms with Crippen LogP contribution in [0.15, 0.2) is 516 Å². The van der Waals surface area contributed by atoms with Crippen LogP contribution in [0.25, 0.3) is 224 Å². The number of hydrogen-bond donors (Lipinski definition) is 0. The average Bonchev–Trinajstić information content (AvgIpc) is 1.50. The summed E-state index contributed by atoms with van der Waals surface area (Å²) in [7, 11) is 0. The summed E-state index contributed by atoms with van der Waals surface area (Å²) in [6, 6.07) is 174. The van der Waals surface area contributed by atoms with Crippen LogP contribution in [0.1, 0.15) is 72.2 Å². The van der Waals surface area contributed by atoms with Crippen molar-refractivity contribution in [2.75, 3.05) is 0 Å². The summed E-state index contributed by atoms with van der Waals surface area (Å²) < 4.78 is 0. The molecule has 28 rings (SSSR count). The second kappa shape index (κ2) is 37.6.